The fraction of sp³-hybridized carbons (Fsp3) is 0.400. The number of rotatable bonds is 4. The Hall–Kier alpha value is -1.31. The third kappa shape index (κ3) is 4.22. The highest BCUT2D eigenvalue weighted by Crippen LogP contribution is 2.26. The van der Waals surface area contributed by atoms with Crippen molar-refractivity contribution in [3.63, 3.8) is 0 Å². The lowest BCUT2D eigenvalue weighted by atomic mass is 10.0. The molecule has 0 heterocycles. The molecular formula is C10H12F3NO3. The molecule has 0 saturated heterocycles. The average molecular weight is 251 g/mol. The number of hydrogen-bond acceptors (Lipinski definition) is 4. The van der Waals surface area contributed by atoms with Crippen LogP contribution < -0.4 is 10.5 Å². The van der Waals surface area contributed by atoms with Gasteiger partial charge in [-0.1, -0.05) is 12.1 Å². The van der Waals surface area contributed by atoms with Crippen molar-refractivity contribution in [2.24, 2.45) is 5.73 Å². The molecule has 0 amide bonds. The van der Waals surface area contributed by atoms with E-state index in [1.807, 2.05) is 0 Å². The van der Waals surface area contributed by atoms with Crippen molar-refractivity contribution in [2.45, 2.75) is 18.6 Å². The summed E-state index contributed by atoms with van der Waals surface area (Å²) in [5.74, 6) is -0.460. The second-order valence-electron chi connectivity index (χ2n) is 3.37. The van der Waals surface area contributed by atoms with Gasteiger partial charge in [0.05, 0.1) is 6.10 Å². The maximum absolute atomic E-state index is 11.9. The SMILES string of the molecule is NCC(O)C(O)c1cccc(OC(F)(F)F)c1. The fourth-order valence-electron chi connectivity index (χ4n) is 1.25. The predicted molar refractivity (Wildman–Crippen MR) is 53.1 cm³/mol. The summed E-state index contributed by atoms with van der Waals surface area (Å²) < 4.78 is 39.5. The Morgan fingerprint density at radius 3 is 2.47 bits per heavy atom. The van der Waals surface area contributed by atoms with E-state index in [9.17, 15) is 23.4 Å². The third-order valence-corrected chi connectivity index (χ3v) is 2.04. The van der Waals surface area contributed by atoms with Gasteiger partial charge >= 0.3 is 6.36 Å². The Bertz CT molecular complexity index is 370. The summed E-state index contributed by atoms with van der Waals surface area (Å²) in [5.41, 5.74) is 5.23. The van der Waals surface area contributed by atoms with Gasteiger partial charge < -0.3 is 20.7 Å². The Morgan fingerprint density at radius 2 is 1.94 bits per heavy atom. The maximum Gasteiger partial charge on any atom is 0.573 e. The zero-order valence-corrected chi connectivity index (χ0v) is 8.69. The van der Waals surface area contributed by atoms with Crippen LogP contribution in [0.15, 0.2) is 24.3 Å². The lowest BCUT2D eigenvalue weighted by Gasteiger charge is -2.17. The standard InChI is InChI=1S/C10H12F3NO3/c11-10(12,13)17-7-3-1-2-6(4-7)9(16)8(15)5-14/h1-4,8-9,15-16H,5,14H2. The van der Waals surface area contributed by atoms with Crippen molar-refractivity contribution in [3.05, 3.63) is 29.8 Å². The minimum absolute atomic E-state index is 0.102. The zero-order chi connectivity index (χ0) is 13.1. The predicted octanol–water partition coefficient (Wildman–Crippen LogP) is 0.938. The molecule has 17 heavy (non-hydrogen) atoms. The Kier molecular flexibility index (Phi) is 4.33. The first-order valence-electron chi connectivity index (χ1n) is 4.75. The van der Waals surface area contributed by atoms with E-state index in [2.05, 4.69) is 4.74 Å². The van der Waals surface area contributed by atoms with Crippen LogP contribution in [-0.2, 0) is 0 Å². The molecule has 0 aliphatic carbocycles. The van der Waals surface area contributed by atoms with Crippen LogP contribution in [0.1, 0.15) is 11.7 Å². The molecule has 0 radical (unpaired) electrons. The minimum atomic E-state index is -4.80. The summed E-state index contributed by atoms with van der Waals surface area (Å²) in [7, 11) is 0. The molecule has 7 heteroatoms. The summed E-state index contributed by atoms with van der Waals surface area (Å²) >= 11 is 0. The molecule has 0 spiro atoms. The van der Waals surface area contributed by atoms with Gasteiger partial charge in [0.1, 0.15) is 11.9 Å². The molecule has 0 aromatic heterocycles. The molecule has 0 aliphatic rings. The summed E-state index contributed by atoms with van der Waals surface area (Å²) in [5, 5.41) is 18.8. The first-order valence-corrected chi connectivity index (χ1v) is 4.75. The van der Waals surface area contributed by atoms with Crippen LogP contribution in [0.25, 0.3) is 0 Å². The normalized spacial score (nSPS) is 15.4. The third-order valence-electron chi connectivity index (χ3n) is 2.04. The number of aliphatic hydroxyl groups excluding tert-OH is 2. The van der Waals surface area contributed by atoms with Crippen LogP contribution in [0.4, 0.5) is 13.2 Å². The van der Waals surface area contributed by atoms with Crippen molar-refractivity contribution < 1.29 is 28.1 Å². The van der Waals surface area contributed by atoms with Gasteiger partial charge in [0.2, 0.25) is 0 Å². The monoisotopic (exact) mass is 251 g/mol. The van der Waals surface area contributed by atoms with Gasteiger partial charge in [0.25, 0.3) is 0 Å². The molecule has 4 nitrogen and oxygen atoms in total. The number of benzene rings is 1. The number of halogens is 3. The molecule has 1 aromatic carbocycles. The number of aliphatic hydroxyl groups is 2. The Morgan fingerprint density at radius 1 is 1.29 bits per heavy atom. The molecule has 0 fully saturated rings. The second kappa shape index (κ2) is 5.35. The highest BCUT2D eigenvalue weighted by Gasteiger charge is 2.31. The number of alkyl halides is 3. The molecule has 1 aromatic rings. The molecular weight excluding hydrogens is 239 g/mol. The van der Waals surface area contributed by atoms with Crippen LogP contribution in [0.3, 0.4) is 0 Å². The first-order chi connectivity index (χ1) is 7.83. The van der Waals surface area contributed by atoms with Gasteiger partial charge in [-0.15, -0.1) is 13.2 Å². The largest absolute Gasteiger partial charge is 0.573 e. The van der Waals surface area contributed by atoms with Gasteiger partial charge in [0.15, 0.2) is 0 Å². The molecule has 0 saturated carbocycles. The van der Waals surface area contributed by atoms with Crippen LogP contribution in [0.5, 0.6) is 5.75 Å². The van der Waals surface area contributed by atoms with Crippen molar-refractivity contribution in [2.75, 3.05) is 6.54 Å². The van der Waals surface area contributed by atoms with Gasteiger partial charge in [-0.25, -0.2) is 0 Å². The van der Waals surface area contributed by atoms with Crippen LogP contribution in [0, 0.1) is 0 Å². The summed E-state index contributed by atoms with van der Waals surface area (Å²) in [6.45, 7) is -0.203. The lowest BCUT2D eigenvalue weighted by Crippen LogP contribution is -2.27. The molecule has 2 unspecified atom stereocenters. The summed E-state index contributed by atoms with van der Waals surface area (Å²) in [6, 6.07) is 4.74. The minimum Gasteiger partial charge on any atom is -0.406 e. The van der Waals surface area contributed by atoms with Crippen LogP contribution >= 0.6 is 0 Å². The Balaban J connectivity index is 2.86. The number of hydrogen-bond donors (Lipinski definition) is 3. The molecule has 0 aliphatic heterocycles. The Labute approximate surface area is 95.4 Å². The number of ether oxygens (including phenoxy) is 1. The van der Waals surface area contributed by atoms with Crippen molar-refractivity contribution in [1.29, 1.82) is 0 Å². The van der Waals surface area contributed by atoms with Gasteiger partial charge in [0, 0.05) is 6.54 Å². The van der Waals surface area contributed by atoms with E-state index in [-0.39, 0.29) is 12.1 Å². The molecule has 2 atom stereocenters. The summed E-state index contributed by atoms with van der Waals surface area (Å²) in [4.78, 5) is 0. The van der Waals surface area contributed by atoms with E-state index in [1.165, 1.54) is 12.1 Å². The van der Waals surface area contributed by atoms with Crippen LogP contribution in [0.2, 0.25) is 0 Å². The second-order valence-corrected chi connectivity index (χ2v) is 3.37. The maximum atomic E-state index is 11.9. The van der Waals surface area contributed by atoms with E-state index < -0.39 is 24.3 Å². The molecule has 1 rings (SSSR count). The van der Waals surface area contributed by atoms with E-state index in [0.29, 0.717) is 0 Å². The van der Waals surface area contributed by atoms with Gasteiger partial charge in [-0.3, -0.25) is 0 Å². The number of nitrogens with two attached hydrogens (primary N) is 1. The zero-order valence-electron chi connectivity index (χ0n) is 8.69. The van der Waals surface area contributed by atoms with Gasteiger partial charge in [-0.05, 0) is 17.7 Å². The molecule has 0 bridgehead atoms. The highest BCUT2D eigenvalue weighted by molar-refractivity contribution is 5.30. The van der Waals surface area contributed by atoms with E-state index in [4.69, 9.17) is 5.73 Å². The molecule has 96 valence electrons. The average Bonchev–Trinajstić information content (AvgIpc) is 2.25. The first kappa shape index (κ1) is 13.8. The smallest absolute Gasteiger partial charge is 0.406 e. The lowest BCUT2D eigenvalue weighted by molar-refractivity contribution is -0.274. The topological polar surface area (TPSA) is 75.7 Å². The van der Waals surface area contributed by atoms with E-state index in [0.717, 1.165) is 12.1 Å². The van der Waals surface area contributed by atoms with Crippen molar-refractivity contribution in [1.82, 2.24) is 0 Å². The van der Waals surface area contributed by atoms with Crippen molar-refractivity contribution in [3.8, 4) is 5.75 Å². The van der Waals surface area contributed by atoms with Crippen molar-refractivity contribution >= 4 is 0 Å². The fourth-order valence-corrected chi connectivity index (χ4v) is 1.25. The van der Waals surface area contributed by atoms with E-state index in [1.54, 1.807) is 0 Å². The summed E-state index contributed by atoms with van der Waals surface area (Å²) in [6.07, 6.45) is -7.39. The van der Waals surface area contributed by atoms with Gasteiger partial charge in [-0.2, -0.15) is 0 Å². The molecule has 4 N–H and O–H groups in total. The highest BCUT2D eigenvalue weighted by atomic mass is 19.4. The van der Waals surface area contributed by atoms with E-state index >= 15 is 0 Å². The quantitative estimate of drug-likeness (QED) is 0.744. The van der Waals surface area contributed by atoms with Crippen LogP contribution in [-0.4, -0.2) is 29.2 Å².